The van der Waals surface area contributed by atoms with Crippen LogP contribution in [0.5, 0.6) is 0 Å². The quantitative estimate of drug-likeness (QED) is 0.337. The maximum absolute atomic E-state index is 14.4. The highest BCUT2D eigenvalue weighted by Crippen LogP contribution is 2.64. The SMILES string of the molecule is Cc1ccc(S(=O)(=O)N2[C@@H]3CCCC[C@H]3N(S(=O)(=O)c3ccc(C)cc3)P2OC(C)(C)C2=N[C@@H](C(C)(C)C)CO2)cc1. The fraction of sp³-hybridized carbons (Fsp3) is 0.567. The fourth-order valence-corrected chi connectivity index (χ4v) is 12.9. The van der Waals surface area contributed by atoms with Gasteiger partial charge in [0.05, 0.1) is 15.8 Å². The third-order valence-electron chi connectivity index (χ3n) is 8.20. The summed E-state index contributed by atoms with van der Waals surface area (Å²) in [6, 6.07) is 12.1. The van der Waals surface area contributed by atoms with Gasteiger partial charge >= 0.3 is 0 Å². The van der Waals surface area contributed by atoms with Crippen LogP contribution in [0, 0.1) is 19.3 Å². The number of sulfonamides is 2. The van der Waals surface area contributed by atoms with Crippen LogP contribution in [0.1, 0.15) is 71.4 Å². The molecule has 3 atom stereocenters. The topological polar surface area (TPSA) is 106 Å². The van der Waals surface area contributed by atoms with Gasteiger partial charge in [-0.05, 0) is 70.2 Å². The molecule has 1 saturated heterocycles. The Morgan fingerprint density at radius 1 is 0.786 bits per heavy atom. The van der Waals surface area contributed by atoms with Crippen molar-refractivity contribution in [1.29, 1.82) is 0 Å². The second kappa shape index (κ2) is 11.2. The molecule has 0 amide bonds. The lowest BCUT2D eigenvalue weighted by Gasteiger charge is -2.35. The second-order valence-electron chi connectivity index (χ2n) is 13.1. The van der Waals surface area contributed by atoms with E-state index in [2.05, 4.69) is 20.8 Å². The van der Waals surface area contributed by atoms with Crippen molar-refractivity contribution in [1.82, 2.24) is 8.15 Å². The number of rotatable bonds is 7. The molecule has 3 aliphatic rings. The van der Waals surface area contributed by atoms with Crippen LogP contribution in [0.15, 0.2) is 63.3 Å². The van der Waals surface area contributed by atoms with Crippen LogP contribution in [0.3, 0.4) is 0 Å². The summed E-state index contributed by atoms with van der Waals surface area (Å²) < 4.78 is 73.2. The summed E-state index contributed by atoms with van der Waals surface area (Å²) >= 11 is 0. The molecule has 0 radical (unpaired) electrons. The van der Waals surface area contributed by atoms with E-state index in [0.717, 1.165) is 24.0 Å². The van der Waals surface area contributed by atoms with Gasteiger partial charge in [-0.1, -0.05) is 69.0 Å². The lowest BCUT2D eigenvalue weighted by molar-refractivity contribution is 0.146. The van der Waals surface area contributed by atoms with Gasteiger partial charge < -0.3 is 9.26 Å². The van der Waals surface area contributed by atoms with E-state index >= 15 is 0 Å². The monoisotopic (exact) mass is 635 g/mol. The molecule has 2 aromatic rings. The van der Waals surface area contributed by atoms with E-state index in [1.54, 1.807) is 62.4 Å². The lowest BCUT2D eigenvalue weighted by Crippen LogP contribution is -2.43. The third kappa shape index (κ3) is 5.81. The first-order chi connectivity index (χ1) is 19.5. The Kier molecular flexibility index (Phi) is 8.44. The molecule has 9 nitrogen and oxygen atoms in total. The summed E-state index contributed by atoms with van der Waals surface area (Å²) in [4.78, 5) is 5.05. The Bertz CT molecular complexity index is 1460. The molecule has 42 heavy (non-hydrogen) atoms. The van der Waals surface area contributed by atoms with Crippen molar-refractivity contribution < 1.29 is 26.1 Å². The van der Waals surface area contributed by atoms with Crippen molar-refractivity contribution in [2.45, 2.75) is 108 Å². The number of benzene rings is 2. The maximum atomic E-state index is 14.4. The Hall–Kier alpha value is -1.88. The largest absolute Gasteiger partial charge is 0.477 e. The Morgan fingerprint density at radius 3 is 1.60 bits per heavy atom. The molecule has 2 aromatic carbocycles. The van der Waals surface area contributed by atoms with E-state index in [1.807, 2.05) is 13.8 Å². The molecule has 1 aliphatic carbocycles. The normalized spacial score (nSPS) is 24.8. The maximum Gasteiger partial charge on any atom is 0.249 e. The molecule has 0 aromatic heterocycles. The van der Waals surface area contributed by atoms with Gasteiger partial charge in [-0.3, -0.25) is 0 Å². The van der Waals surface area contributed by atoms with E-state index in [9.17, 15) is 16.8 Å². The molecular weight excluding hydrogens is 593 g/mol. The van der Waals surface area contributed by atoms with Crippen molar-refractivity contribution in [2.24, 2.45) is 10.4 Å². The van der Waals surface area contributed by atoms with E-state index in [1.165, 1.54) is 8.15 Å². The van der Waals surface area contributed by atoms with Gasteiger partial charge in [0.1, 0.15) is 12.2 Å². The minimum atomic E-state index is -4.14. The first-order valence-corrected chi connectivity index (χ1v) is 18.5. The van der Waals surface area contributed by atoms with Gasteiger partial charge in [-0.2, -0.15) is 0 Å². The molecule has 0 spiro atoms. The van der Waals surface area contributed by atoms with Gasteiger partial charge in [-0.25, -0.2) is 21.8 Å². The number of aliphatic imine (C=N–C) groups is 1. The van der Waals surface area contributed by atoms with E-state index in [4.69, 9.17) is 14.3 Å². The van der Waals surface area contributed by atoms with Gasteiger partial charge in [0.25, 0.3) is 0 Å². The number of aryl methyl sites for hydroxylation is 2. The van der Waals surface area contributed by atoms with Crippen LogP contribution in [-0.4, -0.2) is 61.2 Å². The van der Waals surface area contributed by atoms with E-state index < -0.39 is 46.2 Å². The average molecular weight is 636 g/mol. The molecule has 2 heterocycles. The molecule has 0 N–H and O–H groups in total. The van der Waals surface area contributed by atoms with E-state index in [-0.39, 0.29) is 21.2 Å². The first kappa shape index (κ1) is 31.5. The van der Waals surface area contributed by atoms with Gasteiger partial charge in [-0.15, -0.1) is 8.15 Å². The lowest BCUT2D eigenvalue weighted by atomic mass is 9.88. The molecule has 2 fully saturated rings. The average Bonchev–Trinajstić information content (AvgIpc) is 3.54. The van der Waals surface area contributed by atoms with Crippen LogP contribution in [-0.2, 0) is 29.3 Å². The van der Waals surface area contributed by atoms with Crippen LogP contribution in [0.25, 0.3) is 0 Å². The molecule has 2 aliphatic heterocycles. The van der Waals surface area contributed by atoms with Gasteiger partial charge in [0, 0.05) is 12.1 Å². The summed E-state index contributed by atoms with van der Waals surface area (Å²) in [5.74, 6) is 0.347. The van der Waals surface area contributed by atoms with Crippen molar-refractivity contribution >= 4 is 34.4 Å². The number of hydrogen-bond donors (Lipinski definition) is 0. The Balaban J connectivity index is 1.65. The molecule has 5 rings (SSSR count). The van der Waals surface area contributed by atoms with Crippen molar-refractivity contribution in [3.8, 4) is 0 Å². The van der Waals surface area contributed by atoms with Crippen molar-refractivity contribution in [2.75, 3.05) is 6.61 Å². The molecular formula is C30H42N3O6PS2. The number of ether oxygens (including phenoxy) is 1. The predicted molar refractivity (Wildman–Crippen MR) is 165 cm³/mol. The highest BCUT2D eigenvalue weighted by Gasteiger charge is 2.60. The minimum absolute atomic E-state index is 0.103. The van der Waals surface area contributed by atoms with E-state index in [0.29, 0.717) is 25.3 Å². The summed E-state index contributed by atoms with van der Waals surface area (Å²) in [5.41, 5.74) is 0.520. The highest BCUT2D eigenvalue weighted by molar-refractivity contribution is 7.98. The number of fused-ring (bicyclic) bond motifs is 1. The zero-order valence-electron chi connectivity index (χ0n) is 25.4. The van der Waals surface area contributed by atoms with Crippen molar-refractivity contribution in [3.05, 3.63) is 59.7 Å². The summed E-state index contributed by atoms with van der Waals surface area (Å²) in [6.07, 6.45) is 2.69. The van der Waals surface area contributed by atoms with Crippen LogP contribution in [0.2, 0.25) is 0 Å². The van der Waals surface area contributed by atoms with Crippen LogP contribution < -0.4 is 0 Å². The molecule has 0 bridgehead atoms. The minimum Gasteiger partial charge on any atom is -0.477 e. The second-order valence-corrected chi connectivity index (χ2v) is 18.8. The standard InChI is InChI=1S/C30H42N3O6PS2/c1-21-12-16-23(17-13-21)41(34,35)32-25-10-8-9-11-26(25)33(42(36,37)24-18-14-22(2)15-19-24)40(32)39-30(6,7)28-31-27(20-38-28)29(3,4)5/h12-19,25-27H,8-11,20H2,1-7H3/t25-,26-,27-/m1/s1. The summed E-state index contributed by atoms with van der Waals surface area (Å²) in [6.45, 7) is 14.0. The molecule has 1 saturated carbocycles. The Labute approximate surface area is 252 Å². The number of nitrogens with zero attached hydrogens (tertiary/aromatic N) is 3. The predicted octanol–water partition coefficient (Wildman–Crippen LogP) is 6.18. The molecule has 0 unspecified atom stereocenters. The van der Waals surface area contributed by atoms with Crippen LogP contribution >= 0.6 is 8.45 Å². The van der Waals surface area contributed by atoms with Gasteiger partial charge in [0.2, 0.25) is 34.4 Å². The zero-order chi connectivity index (χ0) is 30.7. The van der Waals surface area contributed by atoms with Gasteiger partial charge in [0.15, 0.2) is 0 Å². The van der Waals surface area contributed by atoms with Crippen molar-refractivity contribution in [3.63, 3.8) is 0 Å². The Morgan fingerprint density at radius 2 is 1.21 bits per heavy atom. The molecule has 12 heteroatoms. The third-order valence-corrected chi connectivity index (χ3v) is 15.5. The highest BCUT2D eigenvalue weighted by atomic mass is 32.2. The molecule has 230 valence electrons. The summed E-state index contributed by atoms with van der Waals surface area (Å²) in [5, 5.41) is 0. The summed E-state index contributed by atoms with van der Waals surface area (Å²) in [7, 11) is -10.7. The smallest absolute Gasteiger partial charge is 0.249 e. The fourth-order valence-electron chi connectivity index (χ4n) is 5.60. The first-order valence-electron chi connectivity index (χ1n) is 14.5. The van der Waals surface area contributed by atoms with Crippen LogP contribution in [0.4, 0.5) is 0 Å². The zero-order valence-corrected chi connectivity index (χ0v) is 28.0. The number of hydrogen-bond acceptors (Lipinski definition) is 7.